The number of hydroxylamine groups is 1. The van der Waals surface area contributed by atoms with Gasteiger partial charge in [0, 0.05) is 23.7 Å². The van der Waals surface area contributed by atoms with Gasteiger partial charge in [-0.15, -0.1) is 0 Å². The fourth-order valence-electron chi connectivity index (χ4n) is 3.87. The van der Waals surface area contributed by atoms with E-state index in [1.165, 1.54) is 0 Å². The first-order valence-corrected chi connectivity index (χ1v) is 10.8. The summed E-state index contributed by atoms with van der Waals surface area (Å²) in [5, 5.41) is 8.89. The Hall–Kier alpha value is -3.90. The van der Waals surface area contributed by atoms with E-state index in [1.807, 2.05) is 67.6 Å². The molecule has 0 saturated heterocycles. The summed E-state index contributed by atoms with van der Waals surface area (Å²) in [5.41, 5.74) is 9.29. The van der Waals surface area contributed by atoms with Gasteiger partial charge in [0.15, 0.2) is 6.61 Å². The van der Waals surface area contributed by atoms with E-state index in [1.54, 1.807) is 12.4 Å². The number of nitrogens with zero attached hydrogens (tertiary/aromatic N) is 1. The highest BCUT2D eigenvalue weighted by molar-refractivity contribution is 5.69. The molecule has 3 aromatic rings. The van der Waals surface area contributed by atoms with Crippen LogP contribution in [0.4, 0.5) is 0 Å². The number of aliphatic carboxylic acids is 1. The molecule has 0 fully saturated rings. The number of fused-ring (bicyclic) bond motifs is 1. The lowest BCUT2D eigenvalue weighted by Gasteiger charge is -2.21. The maximum absolute atomic E-state index is 10.8. The number of allylic oxidation sites excluding steroid dienone is 3. The molecular formula is C27H26N2O4. The van der Waals surface area contributed by atoms with Crippen molar-refractivity contribution in [1.29, 1.82) is 0 Å². The Balaban J connectivity index is 1.48. The van der Waals surface area contributed by atoms with E-state index in [9.17, 15) is 4.79 Å². The van der Waals surface area contributed by atoms with Gasteiger partial charge in [-0.1, -0.05) is 48.5 Å². The van der Waals surface area contributed by atoms with Crippen LogP contribution in [0.25, 0.3) is 6.08 Å². The van der Waals surface area contributed by atoms with Crippen LogP contribution >= 0.6 is 0 Å². The van der Waals surface area contributed by atoms with Crippen LogP contribution in [0.3, 0.4) is 0 Å². The summed E-state index contributed by atoms with van der Waals surface area (Å²) >= 11 is 0. The Morgan fingerprint density at radius 3 is 2.58 bits per heavy atom. The fourth-order valence-corrected chi connectivity index (χ4v) is 3.87. The Bertz CT molecular complexity index is 1120. The second kappa shape index (κ2) is 10.6. The van der Waals surface area contributed by atoms with Crippen molar-refractivity contribution in [3.8, 4) is 5.75 Å². The molecule has 168 valence electrons. The largest absolute Gasteiger partial charge is 0.482 e. The van der Waals surface area contributed by atoms with Crippen LogP contribution < -0.4 is 10.2 Å². The Kier molecular flexibility index (Phi) is 7.17. The van der Waals surface area contributed by atoms with Crippen molar-refractivity contribution in [2.75, 3.05) is 6.61 Å². The molecule has 4 rings (SSSR count). The molecule has 0 amide bonds. The molecule has 6 nitrogen and oxygen atoms in total. The first-order chi connectivity index (χ1) is 16.1. The normalized spacial score (nSPS) is 14.1. The van der Waals surface area contributed by atoms with Crippen molar-refractivity contribution >= 4 is 12.0 Å². The predicted molar refractivity (Wildman–Crippen MR) is 126 cm³/mol. The number of rotatable bonds is 9. The fraction of sp³-hybridized carbons (Fsp3) is 0.185. The molecule has 2 aromatic carbocycles. The average molecular weight is 443 g/mol. The predicted octanol–water partition coefficient (Wildman–Crippen LogP) is 5.09. The van der Waals surface area contributed by atoms with Crippen LogP contribution in [0.1, 0.15) is 41.7 Å². The zero-order chi connectivity index (χ0) is 23.0. The summed E-state index contributed by atoms with van der Waals surface area (Å²) in [6.45, 7) is 1.63. The van der Waals surface area contributed by atoms with Gasteiger partial charge in [-0.25, -0.2) is 4.79 Å². The maximum atomic E-state index is 10.8. The van der Waals surface area contributed by atoms with E-state index >= 15 is 0 Å². The van der Waals surface area contributed by atoms with Crippen LogP contribution in [0, 0.1) is 0 Å². The van der Waals surface area contributed by atoms with Gasteiger partial charge in [-0.2, -0.15) is 0 Å². The monoisotopic (exact) mass is 442 g/mol. The number of carboxylic acid groups (broad SMARTS) is 1. The standard InChI is InChI=1S/C27H26N2O4/c1-19(29-33-27(21-6-3-2-4-7-21)22-12-14-28-15-13-22)16-20-10-11-24-23(17-20)8-5-9-25(24)32-18-26(30)31/h2-9,12-17,27,29H,10-11,18H2,1H3,(H,30,31). The quantitative estimate of drug-likeness (QED) is 0.450. The summed E-state index contributed by atoms with van der Waals surface area (Å²) in [5.74, 6) is -0.347. The van der Waals surface area contributed by atoms with E-state index < -0.39 is 5.97 Å². The SMILES string of the molecule is CC(=CC1=Cc2cccc(OCC(=O)O)c2CC1)NOC(c1ccccc1)c1ccncc1. The minimum atomic E-state index is -0.982. The van der Waals surface area contributed by atoms with Crippen LogP contribution in [-0.2, 0) is 16.1 Å². The van der Waals surface area contributed by atoms with Gasteiger partial charge in [-0.3, -0.25) is 15.3 Å². The number of hydrogen-bond acceptors (Lipinski definition) is 5. The number of carbonyl (C=O) groups is 1. The van der Waals surface area contributed by atoms with E-state index in [0.717, 1.165) is 46.4 Å². The molecule has 1 unspecified atom stereocenters. The molecular weight excluding hydrogens is 416 g/mol. The molecule has 2 N–H and O–H groups in total. The summed E-state index contributed by atoms with van der Waals surface area (Å²) in [6, 6.07) is 19.7. The van der Waals surface area contributed by atoms with E-state index in [2.05, 4.69) is 22.6 Å². The summed E-state index contributed by atoms with van der Waals surface area (Å²) in [4.78, 5) is 21.1. The zero-order valence-corrected chi connectivity index (χ0v) is 18.4. The molecule has 1 aliphatic carbocycles. The number of pyridine rings is 1. The summed E-state index contributed by atoms with van der Waals surface area (Å²) < 4.78 is 5.45. The number of hydrogen-bond donors (Lipinski definition) is 2. The molecule has 1 heterocycles. The van der Waals surface area contributed by atoms with Gasteiger partial charge in [0.05, 0.1) is 0 Å². The van der Waals surface area contributed by atoms with Crippen molar-refractivity contribution in [2.24, 2.45) is 0 Å². The molecule has 1 aliphatic rings. The van der Waals surface area contributed by atoms with Gasteiger partial charge in [0.25, 0.3) is 0 Å². The molecule has 1 aromatic heterocycles. The van der Waals surface area contributed by atoms with E-state index in [-0.39, 0.29) is 12.7 Å². The molecule has 33 heavy (non-hydrogen) atoms. The van der Waals surface area contributed by atoms with Crippen LogP contribution in [-0.4, -0.2) is 22.7 Å². The summed E-state index contributed by atoms with van der Waals surface area (Å²) in [6.07, 6.45) is 9.04. The van der Waals surface area contributed by atoms with Gasteiger partial charge in [0.1, 0.15) is 11.9 Å². The van der Waals surface area contributed by atoms with Crippen molar-refractivity contribution in [1.82, 2.24) is 10.5 Å². The highest BCUT2D eigenvalue weighted by Crippen LogP contribution is 2.32. The molecule has 0 saturated carbocycles. The molecule has 1 atom stereocenters. The third kappa shape index (κ3) is 5.87. The third-order valence-electron chi connectivity index (χ3n) is 5.38. The van der Waals surface area contributed by atoms with Crippen molar-refractivity contribution in [2.45, 2.75) is 25.9 Å². The summed E-state index contributed by atoms with van der Waals surface area (Å²) in [7, 11) is 0. The Labute approximate surface area is 193 Å². The number of carboxylic acids is 1. The lowest BCUT2D eigenvalue weighted by Crippen LogP contribution is -2.18. The van der Waals surface area contributed by atoms with Crippen molar-refractivity contribution in [3.05, 3.63) is 113 Å². The van der Waals surface area contributed by atoms with Gasteiger partial charge >= 0.3 is 5.97 Å². The number of nitrogens with one attached hydrogen (secondary N) is 1. The minimum Gasteiger partial charge on any atom is -0.482 e. The average Bonchev–Trinajstić information content (AvgIpc) is 2.84. The van der Waals surface area contributed by atoms with Gasteiger partial charge in [0.2, 0.25) is 0 Å². The maximum Gasteiger partial charge on any atom is 0.341 e. The van der Waals surface area contributed by atoms with E-state index in [0.29, 0.717) is 5.75 Å². The molecule has 6 heteroatoms. The zero-order valence-electron chi connectivity index (χ0n) is 18.4. The van der Waals surface area contributed by atoms with Gasteiger partial charge < -0.3 is 9.84 Å². The first-order valence-electron chi connectivity index (χ1n) is 10.8. The highest BCUT2D eigenvalue weighted by Gasteiger charge is 2.17. The Morgan fingerprint density at radius 1 is 1.06 bits per heavy atom. The van der Waals surface area contributed by atoms with Gasteiger partial charge in [-0.05, 0) is 66.3 Å². The number of benzene rings is 2. The van der Waals surface area contributed by atoms with Crippen molar-refractivity contribution in [3.63, 3.8) is 0 Å². The topological polar surface area (TPSA) is 80.7 Å². The smallest absolute Gasteiger partial charge is 0.341 e. The highest BCUT2D eigenvalue weighted by atomic mass is 16.7. The lowest BCUT2D eigenvalue weighted by atomic mass is 9.91. The second-order valence-electron chi connectivity index (χ2n) is 7.84. The number of ether oxygens (including phenoxy) is 1. The lowest BCUT2D eigenvalue weighted by molar-refractivity contribution is -0.139. The molecule has 0 radical (unpaired) electrons. The molecule has 0 aliphatic heterocycles. The molecule has 0 spiro atoms. The van der Waals surface area contributed by atoms with Crippen LogP contribution in [0.5, 0.6) is 5.75 Å². The first kappa shape index (κ1) is 22.3. The van der Waals surface area contributed by atoms with E-state index in [4.69, 9.17) is 14.7 Å². The third-order valence-corrected chi connectivity index (χ3v) is 5.38. The second-order valence-corrected chi connectivity index (χ2v) is 7.84. The van der Waals surface area contributed by atoms with Crippen molar-refractivity contribution < 1.29 is 19.5 Å². The number of aromatic nitrogens is 1. The van der Waals surface area contributed by atoms with Crippen LogP contribution in [0.15, 0.2) is 90.4 Å². The molecule has 0 bridgehead atoms. The van der Waals surface area contributed by atoms with Crippen LogP contribution in [0.2, 0.25) is 0 Å². The minimum absolute atomic E-state index is 0.271. The Morgan fingerprint density at radius 2 is 1.82 bits per heavy atom.